The van der Waals surface area contributed by atoms with Gasteiger partial charge in [-0.15, -0.1) is 10.2 Å². The predicted octanol–water partition coefficient (Wildman–Crippen LogP) is 4.36. The van der Waals surface area contributed by atoms with Crippen molar-refractivity contribution in [2.45, 2.75) is 31.9 Å². The van der Waals surface area contributed by atoms with Crippen LogP contribution in [-0.4, -0.2) is 42.4 Å². The third kappa shape index (κ3) is 4.36. The summed E-state index contributed by atoms with van der Waals surface area (Å²) >= 11 is 0. The van der Waals surface area contributed by atoms with Gasteiger partial charge in [-0.1, -0.05) is 0 Å². The summed E-state index contributed by atoms with van der Waals surface area (Å²) < 4.78 is 49.1. The summed E-state index contributed by atoms with van der Waals surface area (Å²) in [6.45, 7) is 1.61. The zero-order valence-electron chi connectivity index (χ0n) is 20.0. The van der Waals surface area contributed by atoms with E-state index in [1.165, 1.54) is 16.8 Å². The van der Waals surface area contributed by atoms with E-state index in [9.17, 15) is 13.6 Å². The number of fused-ring (bicyclic) bond motifs is 1. The van der Waals surface area contributed by atoms with Crippen molar-refractivity contribution in [2.75, 3.05) is 13.1 Å². The van der Waals surface area contributed by atoms with Crippen molar-refractivity contribution in [3.8, 4) is 22.6 Å². The van der Waals surface area contributed by atoms with Crippen LogP contribution in [-0.2, 0) is 6.54 Å². The molecule has 194 valence electrons. The van der Waals surface area contributed by atoms with Crippen molar-refractivity contribution in [1.29, 1.82) is 0 Å². The number of hydrogen-bond acceptors (Lipinski definition) is 7. The third-order valence-corrected chi connectivity index (χ3v) is 6.70. The molecule has 1 aromatic carbocycles. The van der Waals surface area contributed by atoms with Gasteiger partial charge in [0.25, 0.3) is 5.89 Å². The normalized spacial score (nSPS) is 15.9. The standard InChI is InChI=1S/C26H22F3N7O2/c27-20-11-21-22(10-19(20)15-5-8-30-9-6-15)36(18-2-1-7-31-13-18)26(37)35(21)14-17-4-3-16(12-32-17)24-33-34-25(38-24)23(28)29/h3-6,8-12,18,23,31H,1-2,7,13-14H2/t18-/m0/s1. The maximum absolute atomic E-state index is 15.4. The van der Waals surface area contributed by atoms with Gasteiger partial charge in [-0.25, -0.2) is 9.18 Å². The SMILES string of the molecule is O=c1n(Cc2ccc(-c3nnc(C(F)F)o3)cn2)c2cc(F)c(-c3ccncc3)cc2n1[C@H]1CCCNC1. The van der Waals surface area contributed by atoms with Gasteiger partial charge in [-0.3, -0.25) is 19.1 Å². The molecule has 1 saturated heterocycles. The average molecular weight is 522 g/mol. The molecule has 0 aliphatic carbocycles. The lowest BCUT2D eigenvalue weighted by Gasteiger charge is -2.24. The summed E-state index contributed by atoms with van der Waals surface area (Å²) in [5.41, 5.74) is 2.78. The van der Waals surface area contributed by atoms with E-state index >= 15 is 4.39 Å². The molecule has 1 aliphatic rings. The average Bonchev–Trinajstić information content (AvgIpc) is 3.54. The monoisotopic (exact) mass is 521 g/mol. The summed E-state index contributed by atoms with van der Waals surface area (Å²) in [6.07, 6.45) is 3.49. The van der Waals surface area contributed by atoms with Crippen LogP contribution in [0.3, 0.4) is 0 Å². The van der Waals surface area contributed by atoms with Gasteiger partial charge in [0.15, 0.2) is 0 Å². The van der Waals surface area contributed by atoms with Gasteiger partial charge in [0.2, 0.25) is 5.89 Å². The number of imidazole rings is 1. The van der Waals surface area contributed by atoms with Crippen molar-refractivity contribution in [3.05, 3.63) is 82.9 Å². The number of nitrogens with zero attached hydrogens (tertiary/aromatic N) is 6. The molecule has 1 aliphatic heterocycles. The molecule has 1 atom stereocenters. The number of alkyl halides is 2. The lowest BCUT2D eigenvalue weighted by atomic mass is 10.0. The number of rotatable bonds is 6. The highest BCUT2D eigenvalue weighted by atomic mass is 19.3. The number of halogens is 3. The summed E-state index contributed by atoms with van der Waals surface area (Å²) in [7, 11) is 0. The number of aromatic nitrogens is 6. The van der Waals surface area contributed by atoms with Crippen molar-refractivity contribution in [2.24, 2.45) is 0 Å². The van der Waals surface area contributed by atoms with Crippen LogP contribution in [0.25, 0.3) is 33.6 Å². The quantitative estimate of drug-likeness (QED) is 0.354. The number of hydrogen-bond donors (Lipinski definition) is 1. The fraction of sp³-hybridized carbons (Fsp3) is 0.269. The highest BCUT2D eigenvalue weighted by Gasteiger charge is 2.24. The Morgan fingerprint density at radius 1 is 1.08 bits per heavy atom. The molecule has 38 heavy (non-hydrogen) atoms. The van der Waals surface area contributed by atoms with Gasteiger partial charge in [-0.05, 0) is 55.3 Å². The molecule has 0 spiro atoms. The summed E-state index contributed by atoms with van der Waals surface area (Å²) in [5.74, 6) is -1.30. The van der Waals surface area contributed by atoms with Crippen molar-refractivity contribution in [3.63, 3.8) is 0 Å². The van der Waals surface area contributed by atoms with E-state index in [1.54, 1.807) is 47.3 Å². The van der Waals surface area contributed by atoms with Crippen LogP contribution in [0.1, 0.15) is 36.9 Å². The lowest BCUT2D eigenvalue weighted by molar-refractivity contribution is 0.116. The van der Waals surface area contributed by atoms with E-state index in [0.717, 1.165) is 19.4 Å². The molecule has 4 aromatic heterocycles. The van der Waals surface area contributed by atoms with Gasteiger partial charge < -0.3 is 9.73 Å². The molecule has 0 saturated carbocycles. The minimum Gasteiger partial charge on any atom is -0.415 e. The summed E-state index contributed by atoms with van der Waals surface area (Å²) in [4.78, 5) is 22.1. The minimum absolute atomic E-state index is 0.0763. The fourth-order valence-electron chi connectivity index (χ4n) is 4.85. The Bertz CT molecular complexity index is 1640. The van der Waals surface area contributed by atoms with E-state index in [-0.39, 0.29) is 24.2 Å². The fourth-order valence-corrected chi connectivity index (χ4v) is 4.85. The van der Waals surface area contributed by atoms with Crippen molar-refractivity contribution < 1.29 is 17.6 Å². The van der Waals surface area contributed by atoms with Gasteiger partial charge in [0.1, 0.15) is 5.82 Å². The molecule has 9 nitrogen and oxygen atoms in total. The van der Waals surface area contributed by atoms with E-state index in [4.69, 9.17) is 4.42 Å². The molecular formula is C26H22F3N7O2. The highest BCUT2D eigenvalue weighted by Crippen LogP contribution is 2.30. The third-order valence-electron chi connectivity index (χ3n) is 6.70. The first-order chi connectivity index (χ1) is 18.5. The second-order valence-electron chi connectivity index (χ2n) is 9.08. The molecule has 6 rings (SSSR count). The number of nitrogens with one attached hydrogen (secondary N) is 1. The Kier molecular flexibility index (Phi) is 6.24. The van der Waals surface area contributed by atoms with Crippen LogP contribution < -0.4 is 11.0 Å². The van der Waals surface area contributed by atoms with Crippen molar-refractivity contribution in [1.82, 2.24) is 34.6 Å². The first kappa shape index (κ1) is 24.0. The van der Waals surface area contributed by atoms with E-state index in [0.29, 0.717) is 40.0 Å². The lowest BCUT2D eigenvalue weighted by Crippen LogP contribution is -2.37. The maximum Gasteiger partial charge on any atom is 0.329 e. The molecule has 5 heterocycles. The van der Waals surface area contributed by atoms with Crippen LogP contribution >= 0.6 is 0 Å². The molecule has 1 fully saturated rings. The Labute approximate surface area is 214 Å². The van der Waals surface area contributed by atoms with Gasteiger partial charge in [0.05, 0.1) is 34.9 Å². The van der Waals surface area contributed by atoms with Crippen LogP contribution in [0.2, 0.25) is 0 Å². The minimum atomic E-state index is -2.87. The molecule has 0 amide bonds. The molecule has 5 aromatic rings. The second kappa shape index (κ2) is 9.86. The Morgan fingerprint density at radius 2 is 1.92 bits per heavy atom. The predicted molar refractivity (Wildman–Crippen MR) is 132 cm³/mol. The highest BCUT2D eigenvalue weighted by molar-refractivity contribution is 5.83. The number of pyridine rings is 2. The Morgan fingerprint density at radius 3 is 2.61 bits per heavy atom. The molecule has 0 bridgehead atoms. The molecule has 12 heteroatoms. The van der Waals surface area contributed by atoms with E-state index < -0.39 is 18.1 Å². The molecule has 1 N–H and O–H groups in total. The zero-order chi connectivity index (χ0) is 26.2. The van der Waals surface area contributed by atoms with Gasteiger partial charge >= 0.3 is 12.1 Å². The molecule has 0 unspecified atom stereocenters. The first-order valence-electron chi connectivity index (χ1n) is 12.1. The largest absolute Gasteiger partial charge is 0.415 e. The smallest absolute Gasteiger partial charge is 0.329 e. The Hall–Kier alpha value is -4.32. The van der Waals surface area contributed by atoms with Crippen LogP contribution in [0.4, 0.5) is 13.2 Å². The van der Waals surface area contributed by atoms with Gasteiger partial charge in [0, 0.05) is 36.8 Å². The summed E-state index contributed by atoms with van der Waals surface area (Å²) in [6, 6.07) is 9.73. The Balaban J connectivity index is 1.41. The van der Waals surface area contributed by atoms with E-state index in [2.05, 4.69) is 25.5 Å². The first-order valence-corrected chi connectivity index (χ1v) is 12.1. The van der Waals surface area contributed by atoms with Crippen LogP contribution in [0.15, 0.2) is 64.2 Å². The van der Waals surface area contributed by atoms with Crippen molar-refractivity contribution >= 4 is 11.0 Å². The molecule has 0 radical (unpaired) electrons. The topological polar surface area (TPSA) is 104 Å². The molecular weight excluding hydrogens is 499 g/mol. The second-order valence-corrected chi connectivity index (χ2v) is 9.08. The zero-order valence-corrected chi connectivity index (χ0v) is 20.0. The number of piperidine rings is 1. The van der Waals surface area contributed by atoms with Gasteiger partial charge in [-0.2, -0.15) is 8.78 Å². The van der Waals surface area contributed by atoms with E-state index in [1.807, 2.05) is 0 Å². The maximum atomic E-state index is 15.4. The van der Waals surface area contributed by atoms with Crippen LogP contribution in [0, 0.1) is 5.82 Å². The summed E-state index contributed by atoms with van der Waals surface area (Å²) in [5, 5.41) is 10.3. The number of benzene rings is 1. The van der Waals surface area contributed by atoms with Crippen LogP contribution in [0.5, 0.6) is 0 Å².